The van der Waals surface area contributed by atoms with E-state index in [4.69, 9.17) is 11.6 Å². The summed E-state index contributed by atoms with van der Waals surface area (Å²) in [5.74, 6) is 0. The van der Waals surface area contributed by atoms with E-state index in [9.17, 15) is 15.2 Å². The van der Waals surface area contributed by atoms with Crippen molar-refractivity contribution in [2.75, 3.05) is 18.0 Å². The topological polar surface area (TPSA) is 66.6 Å². The highest BCUT2D eigenvalue weighted by atomic mass is 35.5. The summed E-state index contributed by atoms with van der Waals surface area (Å²) in [6.07, 6.45) is 0.355. The molecule has 1 atom stereocenters. The standard InChI is InChI=1S/C11H13ClN2O3/c1-7-4-8(14(16)17)5-10(12)11(7)13-3-2-9(15)6-13/h4-5,9,15H,2-3,6H2,1H3/t9-/m1/s1. The summed E-state index contributed by atoms with van der Waals surface area (Å²) in [6.45, 7) is 3.04. The molecule has 0 spiro atoms. The van der Waals surface area contributed by atoms with Crippen molar-refractivity contribution in [3.63, 3.8) is 0 Å². The lowest BCUT2D eigenvalue weighted by Crippen LogP contribution is -2.22. The van der Waals surface area contributed by atoms with Gasteiger partial charge in [0.2, 0.25) is 0 Å². The van der Waals surface area contributed by atoms with E-state index >= 15 is 0 Å². The van der Waals surface area contributed by atoms with Gasteiger partial charge in [-0.3, -0.25) is 10.1 Å². The van der Waals surface area contributed by atoms with E-state index < -0.39 is 4.92 Å². The number of nitro benzene ring substituents is 1. The zero-order chi connectivity index (χ0) is 12.6. The van der Waals surface area contributed by atoms with Crippen molar-refractivity contribution in [3.8, 4) is 0 Å². The average molecular weight is 257 g/mol. The largest absolute Gasteiger partial charge is 0.391 e. The number of rotatable bonds is 2. The molecular weight excluding hydrogens is 244 g/mol. The van der Waals surface area contributed by atoms with E-state index in [1.165, 1.54) is 12.1 Å². The molecule has 5 nitrogen and oxygen atoms in total. The van der Waals surface area contributed by atoms with Gasteiger partial charge in [-0.25, -0.2) is 0 Å². The van der Waals surface area contributed by atoms with Gasteiger partial charge in [-0.05, 0) is 18.9 Å². The number of nitrogens with zero attached hydrogens (tertiary/aromatic N) is 2. The fourth-order valence-corrected chi connectivity index (χ4v) is 2.55. The van der Waals surface area contributed by atoms with E-state index in [1.807, 2.05) is 4.90 Å². The average Bonchev–Trinajstić information content (AvgIpc) is 2.63. The summed E-state index contributed by atoms with van der Waals surface area (Å²) < 4.78 is 0. The summed E-state index contributed by atoms with van der Waals surface area (Å²) in [7, 11) is 0. The molecule has 6 heteroatoms. The third-order valence-corrected chi connectivity index (χ3v) is 3.22. The molecule has 0 amide bonds. The molecule has 1 aromatic carbocycles. The summed E-state index contributed by atoms with van der Waals surface area (Å²) >= 11 is 6.08. The number of aliphatic hydroxyl groups excluding tert-OH is 1. The predicted octanol–water partition coefficient (Wildman–Crippen LogP) is 2.13. The Morgan fingerprint density at radius 3 is 2.76 bits per heavy atom. The Hall–Kier alpha value is -1.33. The van der Waals surface area contributed by atoms with Crippen LogP contribution in [0.25, 0.3) is 0 Å². The fourth-order valence-electron chi connectivity index (χ4n) is 2.17. The second-order valence-corrected chi connectivity index (χ2v) is 4.65. The number of non-ortho nitro benzene ring substituents is 1. The molecule has 1 N–H and O–H groups in total. The molecule has 0 saturated carbocycles. The van der Waals surface area contributed by atoms with Crippen LogP contribution in [0.4, 0.5) is 11.4 Å². The van der Waals surface area contributed by atoms with E-state index in [-0.39, 0.29) is 11.8 Å². The Morgan fingerprint density at radius 1 is 1.59 bits per heavy atom. The molecule has 92 valence electrons. The van der Waals surface area contributed by atoms with Crippen LogP contribution in [0.1, 0.15) is 12.0 Å². The second-order valence-electron chi connectivity index (χ2n) is 4.24. The van der Waals surface area contributed by atoms with Crippen molar-refractivity contribution in [1.82, 2.24) is 0 Å². The van der Waals surface area contributed by atoms with Crippen LogP contribution in [-0.2, 0) is 0 Å². The number of hydrogen-bond acceptors (Lipinski definition) is 4. The van der Waals surface area contributed by atoms with Gasteiger partial charge in [-0.2, -0.15) is 0 Å². The van der Waals surface area contributed by atoms with Gasteiger partial charge >= 0.3 is 0 Å². The molecule has 1 aliphatic rings. The Balaban J connectivity index is 2.38. The van der Waals surface area contributed by atoms with Crippen LogP contribution in [-0.4, -0.2) is 29.2 Å². The van der Waals surface area contributed by atoms with Crippen LogP contribution in [0.2, 0.25) is 5.02 Å². The molecule has 0 unspecified atom stereocenters. The van der Waals surface area contributed by atoms with Gasteiger partial charge in [0.15, 0.2) is 0 Å². The number of anilines is 1. The van der Waals surface area contributed by atoms with Crippen LogP contribution >= 0.6 is 11.6 Å². The minimum absolute atomic E-state index is 0.00371. The Labute approximate surface area is 104 Å². The molecule has 1 fully saturated rings. The smallest absolute Gasteiger partial charge is 0.271 e. The van der Waals surface area contributed by atoms with Gasteiger partial charge < -0.3 is 10.0 Å². The minimum atomic E-state index is -0.457. The molecule has 17 heavy (non-hydrogen) atoms. The fraction of sp³-hybridized carbons (Fsp3) is 0.455. The Kier molecular flexibility index (Phi) is 3.22. The summed E-state index contributed by atoms with van der Waals surface area (Å²) in [6, 6.07) is 2.86. The lowest BCUT2D eigenvalue weighted by atomic mass is 10.1. The lowest BCUT2D eigenvalue weighted by molar-refractivity contribution is -0.384. The molecule has 1 heterocycles. The molecule has 0 aromatic heterocycles. The molecular formula is C11H13ClN2O3. The Morgan fingerprint density at radius 2 is 2.29 bits per heavy atom. The highest BCUT2D eigenvalue weighted by Crippen LogP contribution is 2.35. The predicted molar refractivity (Wildman–Crippen MR) is 65.7 cm³/mol. The molecule has 1 aliphatic heterocycles. The molecule has 0 aliphatic carbocycles. The lowest BCUT2D eigenvalue weighted by Gasteiger charge is -2.21. The second kappa shape index (κ2) is 4.50. The first-order valence-corrected chi connectivity index (χ1v) is 5.74. The van der Waals surface area contributed by atoms with Gasteiger partial charge in [0.25, 0.3) is 5.69 Å². The van der Waals surface area contributed by atoms with Crippen LogP contribution in [0.5, 0.6) is 0 Å². The molecule has 1 saturated heterocycles. The van der Waals surface area contributed by atoms with Gasteiger partial charge in [0.1, 0.15) is 0 Å². The number of aryl methyl sites for hydroxylation is 1. The number of nitro groups is 1. The SMILES string of the molecule is Cc1cc([N+](=O)[O-])cc(Cl)c1N1CC[C@@H](O)C1. The normalized spacial score (nSPS) is 19.7. The van der Waals surface area contributed by atoms with Crippen molar-refractivity contribution in [3.05, 3.63) is 32.8 Å². The first-order valence-electron chi connectivity index (χ1n) is 5.36. The summed E-state index contributed by atoms with van der Waals surface area (Å²) in [4.78, 5) is 12.2. The van der Waals surface area contributed by atoms with Crippen LogP contribution in [0.15, 0.2) is 12.1 Å². The maximum absolute atomic E-state index is 10.7. The van der Waals surface area contributed by atoms with Crippen molar-refractivity contribution >= 4 is 23.0 Å². The number of halogens is 1. The van der Waals surface area contributed by atoms with Gasteiger partial charge in [0, 0.05) is 25.2 Å². The van der Waals surface area contributed by atoms with Crippen LogP contribution in [0, 0.1) is 17.0 Å². The van der Waals surface area contributed by atoms with E-state index in [0.29, 0.717) is 18.0 Å². The maximum atomic E-state index is 10.7. The molecule has 0 radical (unpaired) electrons. The number of aliphatic hydroxyl groups is 1. The van der Waals surface area contributed by atoms with Crippen LogP contribution in [0.3, 0.4) is 0 Å². The quantitative estimate of drug-likeness (QED) is 0.650. The third-order valence-electron chi connectivity index (χ3n) is 2.93. The molecule has 0 bridgehead atoms. The zero-order valence-corrected chi connectivity index (χ0v) is 10.1. The number of hydrogen-bond donors (Lipinski definition) is 1. The number of benzene rings is 1. The highest BCUT2D eigenvalue weighted by molar-refractivity contribution is 6.33. The van der Waals surface area contributed by atoms with E-state index in [0.717, 1.165) is 17.8 Å². The van der Waals surface area contributed by atoms with Crippen molar-refractivity contribution in [1.29, 1.82) is 0 Å². The van der Waals surface area contributed by atoms with E-state index in [2.05, 4.69) is 0 Å². The first kappa shape index (κ1) is 12.1. The molecule has 1 aromatic rings. The maximum Gasteiger partial charge on any atom is 0.271 e. The highest BCUT2D eigenvalue weighted by Gasteiger charge is 2.25. The minimum Gasteiger partial charge on any atom is -0.391 e. The summed E-state index contributed by atoms with van der Waals surface area (Å²) in [5, 5.41) is 20.5. The monoisotopic (exact) mass is 256 g/mol. The third kappa shape index (κ3) is 2.35. The van der Waals surface area contributed by atoms with Gasteiger partial charge in [0.05, 0.1) is 21.7 Å². The van der Waals surface area contributed by atoms with Crippen molar-refractivity contribution in [2.24, 2.45) is 0 Å². The first-order chi connectivity index (χ1) is 7.99. The van der Waals surface area contributed by atoms with Crippen molar-refractivity contribution < 1.29 is 10.0 Å². The zero-order valence-electron chi connectivity index (χ0n) is 9.39. The number of β-amino-alcohol motifs (C(OH)–C–C–N with tert-alkyl or cyclic N) is 1. The Bertz CT molecular complexity index is 441. The van der Waals surface area contributed by atoms with Gasteiger partial charge in [-0.1, -0.05) is 11.6 Å². The van der Waals surface area contributed by atoms with E-state index in [1.54, 1.807) is 6.92 Å². The molecule has 2 rings (SSSR count). The van der Waals surface area contributed by atoms with Crippen LogP contribution < -0.4 is 4.90 Å². The summed E-state index contributed by atoms with van der Waals surface area (Å²) in [5.41, 5.74) is 1.54. The van der Waals surface area contributed by atoms with Crippen molar-refractivity contribution in [2.45, 2.75) is 19.4 Å². The van der Waals surface area contributed by atoms with Gasteiger partial charge in [-0.15, -0.1) is 0 Å².